The highest BCUT2D eigenvalue weighted by Crippen LogP contribution is 2.06. The van der Waals surface area contributed by atoms with E-state index in [4.69, 9.17) is 5.11 Å². The highest BCUT2D eigenvalue weighted by atomic mass is 32.1. The lowest BCUT2D eigenvalue weighted by Gasteiger charge is -1.85. The summed E-state index contributed by atoms with van der Waals surface area (Å²) in [5.74, 6) is -2.25. The summed E-state index contributed by atoms with van der Waals surface area (Å²) in [5, 5.41) is 11.4. The second-order valence-electron chi connectivity index (χ2n) is 1.65. The number of aliphatic carboxylic acids is 1. The third kappa shape index (κ3) is 1.22. The van der Waals surface area contributed by atoms with Crippen LogP contribution in [0, 0.1) is 0 Å². The lowest BCUT2D eigenvalue weighted by atomic mass is 10.2. The summed E-state index contributed by atoms with van der Waals surface area (Å²) in [6.07, 6.45) is 0. The second kappa shape index (κ2) is 2.62. The van der Waals surface area contributed by atoms with Crippen molar-refractivity contribution in [3.8, 4) is 0 Å². The second-order valence-corrected chi connectivity index (χ2v) is 2.43. The highest BCUT2D eigenvalue weighted by molar-refractivity contribution is 7.08. The van der Waals surface area contributed by atoms with E-state index in [0.29, 0.717) is 0 Å². The maximum absolute atomic E-state index is 10.6. The number of thiophene rings is 1. The van der Waals surface area contributed by atoms with Crippen LogP contribution >= 0.6 is 11.3 Å². The Labute approximate surface area is 60.9 Å². The van der Waals surface area contributed by atoms with Crippen molar-refractivity contribution in [1.82, 2.24) is 0 Å². The summed E-state index contributed by atoms with van der Waals surface area (Å²) in [6, 6.07) is 1.49. The van der Waals surface area contributed by atoms with Crippen molar-refractivity contribution in [3.63, 3.8) is 0 Å². The summed E-state index contributed by atoms with van der Waals surface area (Å²) in [4.78, 5) is 20.7. The number of carbonyl (C=O) groups excluding carboxylic acids is 1. The lowest BCUT2D eigenvalue weighted by molar-refractivity contribution is -0.131. The SMILES string of the molecule is O=C(O)C(=O)c1ccsc1. The molecule has 0 aliphatic carbocycles. The van der Waals surface area contributed by atoms with E-state index in [2.05, 4.69) is 0 Å². The minimum atomic E-state index is -1.40. The van der Waals surface area contributed by atoms with E-state index >= 15 is 0 Å². The van der Waals surface area contributed by atoms with Crippen molar-refractivity contribution in [2.24, 2.45) is 0 Å². The highest BCUT2D eigenvalue weighted by Gasteiger charge is 2.13. The minimum Gasteiger partial charge on any atom is -0.475 e. The van der Waals surface area contributed by atoms with E-state index in [9.17, 15) is 9.59 Å². The molecule has 1 heterocycles. The van der Waals surface area contributed by atoms with Crippen molar-refractivity contribution < 1.29 is 14.7 Å². The molecule has 0 radical (unpaired) electrons. The Kier molecular flexibility index (Phi) is 1.82. The number of hydrogen-bond acceptors (Lipinski definition) is 3. The molecule has 1 aromatic heterocycles. The van der Waals surface area contributed by atoms with Crippen LogP contribution in [0.4, 0.5) is 0 Å². The molecular weight excluding hydrogens is 152 g/mol. The van der Waals surface area contributed by atoms with Gasteiger partial charge in [0.15, 0.2) is 0 Å². The molecular formula is C6H4O3S. The summed E-state index contributed by atoms with van der Waals surface area (Å²) >= 11 is 1.30. The predicted molar refractivity (Wildman–Crippen MR) is 36.3 cm³/mol. The Hall–Kier alpha value is -1.16. The molecule has 0 unspecified atom stereocenters. The number of carbonyl (C=O) groups is 2. The van der Waals surface area contributed by atoms with Crippen molar-refractivity contribution in [3.05, 3.63) is 22.4 Å². The molecule has 0 saturated carbocycles. The van der Waals surface area contributed by atoms with Gasteiger partial charge in [0.25, 0.3) is 5.78 Å². The molecule has 0 aromatic carbocycles. The first-order chi connectivity index (χ1) is 4.72. The Balaban J connectivity index is 2.88. The minimum absolute atomic E-state index is 0.248. The third-order valence-electron chi connectivity index (χ3n) is 0.978. The molecule has 0 bridgehead atoms. The zero-order valence-corrected chi connectivity index (χ0v) is 5.72. The van der Waals surface area contributed by atoms with Crippen LogP contribution in [0.5, 0.6) is 0 Å². The van der Waals surface area contributed by atoms with Gasteiger partial charge in [0.2, 0.25) is 0 Å². The molecule has 0 fully saturated rings. The van der Waals surface area contributed by atoms with Crippen LogP contribution in [0.1, 0.15) is 10.4 Å². The van der Waals surface area contributed by atoms with Crippen molar-refractivity contribution >= 4 is 23.1 Å². The maximum Gasteiger partial charge on any atom is 0.377 e. The quantitative estimate of drug-likeness (QED) is 0.513. The van der Waals surface area contributed by atoms with Gasteiger partial charge in [0.05, 0.1) is 0 Å². The fourth-order valence-corrected chi connectivity index (χ4v) is 1.15. The van der Waals surface area contributed by atoms with E-state index in [1.54, 1.807) is 5.38 Å². The smallest absolute Gasteiger partial charge is 0.377 e. The zero-order chi connectivity index (χ0) is 7.56. The first-order valence-corrected chi connectivity index (χ1v) is 3.46. The molecule has 10 heavy (non-hydrogen) atoms. The number of Topliss-reactive ketones (excluding diaryl/α,β-unsaturated/α-hetero) is 1. The predicted octanol–water partition coefficient (Wildman–Crippen LogP) is 1.02. The summed E-state index contributed by atoms with van der Waals surface area (Å²) in [5.41, 5.74) is 0.248. The standard InChI is InChI=1S/C6H4O3S/c7-5(6(8)9)4-1-2-10-3-4/h1-3H,(H,8,9). The average molecular weight is 156 g/mol. The number of hydrogen-bond donors (Lipinski definition) is 1. The molecule has 52 valence electrons. The molecule has 1 N–H and O–H groups in total. The van der Waals surface area contributed by atoms with Crippen LogP contribution in [-0.4, -0.2) is 16.9 Å². The van der Waals surface area contributed by atoms with Gasteiger partial charge in [0, 0.05) is 10.9 Å². The topological polar surface area (TPSA) is 54.4 Å². The van der Waals surface area contributed by atoms with Crippen molar-refractivity contribution in [2.75, 3.05) is 0 Å². The van der Waals surface area contributed by atoms with E-state index in [0.717, 1.165) is 0 Å². The van der Waals surface area contributed by atoms with Gasteiger partial charge in [-0.25, -0.2) is 4.79 Å². The first-order valence-electron chi connectivity index (χ1n) is 2.51. The maximum atomic E-state index is 10.6. The van der Waals surface area contributed by atoms with Gasteiger partial charge in [-0.3, -0.25) is 4.79 Å². The molecule has 0 spiro atoms. The monoisotopic (exact) mass is 156 g/mol. The molecule has 0 amide bonds. The molecule has 0 aliphatic rings. The zero-order valence-electron chi connectivity index (χ0n) is 4.90. The van der Waals surface area contributed by atoms with E-state index in [1.807, 2.05) is 0 Å². The van der Waals surface area contributed by atoms with E-state index < -0.39 is 11.8 Å². The van der Waals surface area contributed by atoms with Gasteiger partial charge in [-0.15, -0.1) is 0 Å². The molecule has 4 heteroatoms. The van der Waals surface area contributed by atoms with Crippen molar-refractivity contribution in [1.29, 1.82) is 0 Å². The lowest BCUT2D eigenvalue weighted by Crippen LogP contribution is -2.11. The summed E-state index contributed by atoms with van der Waals surface area (Å²) < 4.78 is 0. The van der Waals surface area contributed by atoms with Gasteiger partial charge in [-0.2, -0.15) is 11.3 Å². The Bertz CT molecular complexity index is 250. The van der Waals surface area contributed by atoms with E-state index in [-0.39, 0.29) is 5.56 Å². The largest absolute Gasteiger partial charge is 0.475 e. The Morgan fingerprint density at radius 2 is 2.20 bits per heavy atom. The number of carboxylic acid groups (broad SMARTS) is 1. The normalized spacial score (nSPS) is 9.20. The van der Waals surface area contributed by atoms with Gasteiger partial charge >= 0.3 is 5.97 Å². The molecule has 0 saturated heterocycles. The van der Waals surface area contributed by atoms with Gasteiger partial charge in [-0.05, 0) is 11.4 Å². The van der Waals surface area contributed by atoms with Crippen LogP contribution in [-0.2, 0) is 4.79 Å². The number of carboxylic acids is 1. The van der Waals surface area contributed by atoms with Crippen LogP contribution in [0.25, 0.3) is 0 Å². The molecule has 1 aromatic rings. The fourth-order valence-electron chi connectivity index (χ4n) is 0.517. The van der Waals surface area contributed by atoms with Crippen LogP contribution in [0.2, 0.25) is 0 Å². The third-order valence-corrected chi connectivity index (χ3v) is 1.66. The van der Waals surface area contributed by atoms with Gasteiger partial charge < -0.3 is 5.11 Å². The first kappa shape index (κ1) is 6.95. The fraction of sp³-hybridized carbons (Fsp3) is 0. The van der Waals surface area contributed by atoms with Crippen LogP contribution in [0.15, 0.2) is 16.8 Å². The Morgan fingerprint density at radius 3 is 2.60 bits per heavy atom. The molecule has 0 atom stereocenters. The van der Waals surface area contributed by atoms with E-state index in [1.165, 1.54) is 22.8 Å². The van der Waals surface area contributed by atoms with Crippen LogP contribution in [0.3, 0.4) is 0 Å². The van der Waals surface area contributed by atoms with Gasteiger partial charge in [-0.1, -0.05) is 0 Å². The van der Waals surface area contributed by atoms with Gasteiger partial charge in [0.1, 0.15) is 0 Å². The average Bonchev–Trinajstić information content (AvgIpc) is 2.36. The van der Waals surface area contributed by atoms with Crippen molar-refractivity contribution in [2.45, 2.75) is 0 Å². The number of ketones is 1. The van der Waals surface area contributed by atoms with Crippen LogP contribution < -0.4 is 0 Å². The molecule has 3 nitrogen and oxygen atoms in total. The number of rotatable bonds is 2. The molecule has 0 aliphatic heterocycles. The summed E-state index contributed by atoms with van der Waals surface area (Å²) in [7, 11) is 0. The molecule has 1 rings (SSSR count). The Morgan fingerprint density at radius 1 is 1.50 bits per heavy atom. The summed E-state index contributed by atoms with van der Waals surface area (Å²) in [6.45, 7) is 0.